The summed E-state index contributed by atoms with van der Waals surface area (Å²) in [6, 6.07) is 29.9. The van der Waals surface area contributed by atoms with Crippen LogP contribution in [0.15, 0.2) is 112 Å². The molecule has 1 saturated heterocycles. The van der Waals surface area contributed by atoms with Crippen LogP contribution in [0.4, 0.5) is 11.4 Å². The molecule has 1 atom stereocenters. The Kier molecular flexibility index (Phi) is 10.1. The van der Waals surface area contributed by atoms with Gasteiger partial charge in [-0.2, -0.15) is 0 Å². The number of halogens is 2. The number of nitrogens with one attached hydrogen (secondary N) is 4. The lowest BCUT2D eigenvalue weighted by Crippen LogP contribution is -2.30. The Hall–Kier alpha value is -4.13. The molecule has 1 aliphatic rings. The molecule has 0 saturated carbocycles. The van der Waals surface area contributed by atoms with E-state index in [0.29, 0.717) is 22.6 Å². The first-order valence-electron chi connectivity index (χ1n) is 15.5. The second kappa shape index (κ2) is 15.0. The molecule has 0 bridgehead atoms. The summed E-state index contributed by atoms with van der Waals surface area (Å²) < 4.78 is 11.7. The summed E-state index contributed by atoms with van der Waals surface area (Å²) in [6.07, 6.45) is 5.32. The molecule has 7 aromatic rings. The summed E-state index contributed by atoms with van der Waals surface area (Å²) in [4.78, 5) is 20.6. The zero-order chi connectivity index (χ0) is 32.9. The molecule has 9 nitrogen and oxygen atoms in total. The number of aromatic amines is 2. The van der Waals surface area contributed by atoms with Crippen molar-refractivity contribution in [2.24, 2.45) is 0 Å². The molecule has 4 heterocycles. The van der Waals surface area contributed by atoms with E-state index in [1.807, 2.05) is 66.7 Å². The highest BCUT2D eigenvalue weighted by molar-refractivity contribution is 8.00. The molecular formula is C35H32Cl2N8OS2. The fourth-order valence-corrected chi connectivity index (χ4v) is 7.39. The van der Waals surface area contributed by atoms with E-state index >= 15 is 0 Å². The summed E-state index contributed by atoms with van der Waals surface area (Å²) in [5.74, 6) is 2.36. The average molecular weight is 716 g/mol. The van der Waals surface area contributed by atoms with Crippen LogP contribution in [0.3, 0.4) is 0 Å². The van der Waals surface area contributed by atoms with Crippen molar-refractivity contribution < 1.29 is 4.52 Å². The van der Waals surface area contributed by atoms with E-state index in [1.54, 1.807) is 24.2 Å². The van der Waals surface area contributed by atoms with Gasteiger partial charge in [0.25, 0.3) is 0 Å². The van der Waals surface area contributed by atoms with Crippen molar-refractivity contribution in [3.8, 4) is 11.6 Å². The van der Waals surface area contributed by atoms with E-state index in [-0.39, 0.29) is 0 Å². The molecule has 1 aliphatic heterocycles. The Balaban J connectivity index is 0.000000152. The molecule has 0 spiro atoms. The quantitative estimate of drug-likeness (QED) is 0.114. The first-order valence-corrected chi connectivity index (χ1v) is 17.8. The summed E-state index contributed by atoms with van der Waals surface area (Å²) >= 11 is 15.4. The van der Waals surface area contributed by atoms with Crippen LogP contribution in [0.5, 0.6) is 0 Å². The largest absolute Gasteiger partial charge is 0.353 e. The summed E-state index contributed by atoms with van der Waals surface area (Å²) in [5, 5.41) is 5.11. The number of aromatic nitrogens is 5. The highest BCUT2D eigenvalue weighted by atomic mass is 35.5. The Morgan fingerprint density at radius 1 is 0.771 bits per heavy atom. The van der Waals surface area contributed by atoms with Gasteiger partial charge >= 0.3 is 0 Å². The minimum atomic E-state index is 0.401. The Morgan fingerprint density at radius 2 is 1.40 bits per heavy atom. The Labute approximate surface area is 296 Å². The number of anilines is 2. The van der Waals surface area contributed by atoms with Crippen molar-refractivity contribution in [2.75, 3.05) is 23.0 Å². The van der Waals surface area contributed by atoms with Crippen LogP contribution in [0, 0.1) is 0 Å². The number of imidazole rings is 2. The van der Waals surface area contributed by atoms with Crippen molar-refractivity contribution in [1.82, 2.24) is 30.0 Å². The van der Waals surface area contributed by atoms with Gasteiger partial charge in [-0.1, -0.05) is 59.0 Å². The van der Waals surface area contributed by atoms with Gasteiger partial charge in [0, 0.05) is 15.9 Å². The fourth-order valence-electron chi connectivity index (χ4n) is 5.47. The first-order chi connectivity index (χ1) is 23.5. The van der Waals surface area contributed by atoms with Crippen LogP contribution in [0.2, 0.25) is 10.0 Å². The van der Waals surface area contributed by atoms with Gasteiger partial charge in [0.05, 0.1) is 55.7 Å². The molecule has 1 fully saturated rings. The molecule has 3 aromatic heterocycles. The van der Waals surface area contributed by atoms with E-state index in [0.717, 1.165) is 60.6 Å². The smallest absolute Gasteiger partial charge is 0.202 e. The molecule has 13 heteroatoms. The molecule has 244 valence electrons. The second-order valence-electron chi connectivity index (χ2n) is 11.3. The molecule has 0 radical (unpaired) electrons. The third-order valence-electron chi connectivity index (χ3n) is 7.99. The summed E-state index contributed by atoms with van der Waals surface area (Å²) in [7, 11) is 2.19. The zero-order valence-electron chi connectivity index (χ0n) is 25.9. The third-order valence-corrected chi connectivity index (χ3v) is 10.3. The van der Waals surface area contributed by atoms with Gasteiger partial charge in [-0.15, -0.1) is 0 Å². The zero-order valence-corrected chi connectivity index (χ0v) is 29.1. The number of para-hydroxylation sites is 2. The van der Waals surface area contributed by atoms with Crippen LogP contribution < -0.4 is 9.44 Å². The average Bonchev–Trinajstić information content (AvgIpc) is 3.88. The van der Waals surface area contributed by atoms with Crippen molar-refractivity contribution in [1.29, 1.82) is 0 Å². The van der Waals surface area contributed by atoms with Crippen LogP contribution in [0.25, 0.3) is 33.7 Å². The lowest BCUT2D eigenvalue weighted by molar-refractivity contribution is 0.180. The number of H-pyrrole nitrogens is 2. The van der Waals surface area contributed by atoms with Crippen LogP contribution >= 0.6 is 47.1 Å². The molecule has 0 aliphatic carbocycles. The topological polar surface area (TPSA) is 111 Å². The van der Waals surface area contributed by atoms with Crippen LogP contribution in [-0.4, -0.2) is 43.6 Å². The lowest BCUT2D eigenvalue weighted by Gasteiger charge is -2.30. The number of rotatable bonds is 8. The van der Waals surface area contributed by atoms with E-state index in [1.165, 1.54) is 31.2 Å². The van der Waals surface area contributed by atoms with Gasteiger partial charge in [-0.25, -0.2) is 9.97 Å². The number of hydrogen-bond acceptors (Lipinski definition) is 9. The normalized spacial score (nSPS) is 14.9. The van der Waals surface area contributed by atoms with Gasteiger partial charge in [0.15, 0.2) is 5.82 Å². The number of piperidine rings is 1. The Morgan fingerprint density at radius 3 is 2.00 bits per heavy atom. The number of hydrogen-bond donors (Lipinski definition) is 4. The van der Waals surface area contributed by atoms with E-state index < -0.39 is 0 Å². The second-order valence-corrected chi connectivity index (χ2v) is 13.9. The van der Waals surface area contributed by atoms with Crippen molar-refractivity contribution in [2.45, 2.75) is 35.1 Å². The van der Waals surface area contributed by atoms with E-state index in [4.69, 9.17) is 32.7 Å². The predicted molar refractivity (Wildman–Crippen MR) is 199 cm³/mol. The van der Waals surface area contributed by atoms with Crippen molar-refractivity contribution >= 4 is 80.5 Å². The summed E-state index contributed by atoms with van der Waals surface area (Å²) in [6.45, 7) is 1.14. The highest BCUT2D eigenvalue weighted by Gasteiger charge is 2.23. The molecule has 8 rings (SSSR count). The molecular weight excluding hydrogens is 683 g/mol. The number of benzene rings is 4. The molecule has 4 N–H and O–H groups in total. The van der Waals surface area contributed by atoms with Gasteiger partial charge in [0.1, 0.15) is 5.82 Å². The van der Waals surface area contributed by atoms with E-state index in [2.05, 4.69) is 59.7 Å². The van der Waals surface area contributed by atoms with E-state index in [9.17, 15) is 0 Å². The number of nitrogens with zero attached hydrogens (tertiary/aromatic N) is 4. The predicted octanol–water partition coefficient (Wildman–Crippen LogP) is 10.5. The lowest BCUT2D eigenvalue weighted by atomic mass is 10.0. The molecule has 4 aromatic carbocycles. The minimum Gasteiger partial charge on any atom is -0.353 e. The molecule has 1 unspecified atom stereocenters. The van der Waals surface area contributed by atoms with Gasteiger partial charge in [-0.3, -0.25) is 4.90 Å². The third kappa shape index (κ3) is 7.61. The molecule has 0 amide bonds. The molecule has 48 heavy (non-hydrogen) atoms. The maximum absolute atomic E-state index is 6.19. The van der Waals surface area contributed by atoms with Crippen molar-refractivity contribution in [3.05, 3.63) is 113 Å². The number of likely N-dealkylation sites (tertiary alicyclic amines) is 1. The number of fused-ring (bicyclic) bond motifs is 2. The summed E-state index contributed by atoms with van der Waals surface area (Å²) in [5.41, 5.74) is 5.71. The van der Waals surface area contributed by atoms with Crippen molar-refractivity contribution in [3.63, 3.8) is 0 Å². The standard InChI is InChI=1S/C19H21ClN4S.C16H11ClN4OS/c1-24-11-5-4-8-18(24)19-21-16-10-9-13(12-17(16)22-19)25-23-15-7-3-2-6-14(15)20;17-11-3-1-2-4-12(11)21-23-10-5-6-13-14(9-10)20-16(19-13)15-7-8-18-22-15/h2-3,6-7,9-10,12,18,23H,4-5,8,11H2,1H3,(H,21,22);1-9,21H,(H,19,20). The van der Waals surface area contributed by atoms with Crippen LogP contribution in [0.1, 0.15) is 31.1 Å². The monoisotopic (exact) mass is 714 g/mol. The highest BCUT2D eigenvalue weighted by Crippen LogP contribution is 2.32. The SMILES string of the molecule is CN1CCCCC1c1nc2ccc(SNc3ccccc3Cl)cc2[nH]1.Clc1ccccc1NSc1ccc2nc(-c3ccno3)[nH]c2c1. The Bertz CT molecular complexity index is 2130. The van der Waals surface area contributed by atoms with Gasteiger partial charge in [-0.05, 0) is 111 Å². The first kappa shape index (κ1) is 32.4. The minimum absolute atomic E-state index is 0.401. The maximum Gasteiger partial charge on any atom is 0.202 e. The maximum atomic E-state index is 6.19. The van der Waals surface area contributed by atoms with Gasteiger partial charge in [0.2, 0.25) is 5.76 Å². The van der Waals surface area contributed by atoms with Crippen LogP contribution in [-0.2, 0) is 0 Å². The van der Waals surface area contributed by atoms with Gasteiger partial charge < -0.3 is 23.9 Å². The fraction of sp³-hybridized carbons (Fsp3) is 0.171.